The molecule has 3 aromatic carbocycles. The molecule has 1 amide bonds. The number of nitrogens with zero attached hydrogens (tertiary/aromatic N) is 1. The van der Waals surface area contributed by atoms with E-state index in [1.54, 1.807) is 36.4 Å². The van der Waals surface area contributed by atoms with Crippen molar-refractivity contribution < 1.29 is 17.6 Å². The third kappa shape index (κ3) is 4.06. The summed E-state index contributed by atoms with van der Waals surface area (Å²) in [5, 5.41) is 5.14. The Labute approximate surface area is 172 Å². The van der Waals surface area contributed by atoms with Crippen molar-refractivity contribution >= 4 is 60.8 Å². The molecule has 0 fully saturated rings. The summed E-state index contributed by atoms with van der Waals surface area (Å²) in [5.74, 6) is -0.471. The van der Waals surface area contributed by atoms with Gasteiger partial charge in [-0.15, -0.1) is 0 Å². The van der Waals surface area contributed by atoms with Crippen molar-refractivity contribution in [2.75, 3.05) is 22.4 Å². The predicted molar refractivity (Wildman–Crippen MR) is 116 cm³/mol. The van der Waals surface area contributed by atoms with Gasteiger partial charge in [0.2, 0.25) is 15.9 Å². The molecule has 0 unspecified atom stereocenters. The number of anilines is 2. The van der Waals surface area contributed by atoms with Gasteiger partial charge in [-0.25, -0.2) is 8.42 Å². The van der Waals surface area contributed by atoms with Crippen molar-refractivity contribution in [3.63, 3.8) is 0 Å². The lowest BCUT2D eigenvalue weighted by Gasteiger charge is -2.22. The largest absolute Gasteiger partial charge is 0.456 e. The second-order valence-electron chi connectivity index (χ2n) is 6.60. The Hall–Kier alpha value is -3.03. The van der Waals surface area contributed by atoms with Gasteiger partial charge < -0.3 is 9.73 Å². The molecule has 0 aliphatic carbocycles. The molecule has 8 heteroatoms. The standard InChI is InChI=1S/C21H17ClN2O4S/c1-29(26,27)24(16-9-6-14(22)7-10-16)13-21(25)23-15-8-11-18-17-4-2-3-5-19(17)28-20(18)12-15/h2-12H,13H2,1H3,(H,23,25). The fourth-order valence-corrected chi connectivity index (χ4v) is 4.12. The van der Waals surface area contributed by atoms with E-state index in [1.165, 1.54) is 0 Å². The first-order chi connectivity index (χ1) is 13.8. The molecular weight excluding hydrogens is 412 g/mol. The number of carbonyl (C=O) groups is 1. The zero-order valence-corrected chi connectivity index (χ0v) is 17.0. The van der Waals surface area contributed by atoms with Crippen molar-refractivity contribution in [3.05, 3.63) is 71.8 Å². The fraction of sp³-hybridized carbons (Fsp3) is 0.0952. The molecule has 148 valence electrons. The van der Waals surface area contributed by atoms with Crippen LogP contribution in [-0.4, -0.2) is 27.1 Å². The topological polar surface area (TPSA) is 79.6 Å². The van der Waals surface area contributed by atoms with Crippen LogP contribution in [0.4, 0.5) is 11.4 Å². The van der Waals surface area contributed by atoms with Crippen LogP contribution in [0.5, 0.6) is 0 Å². The van der Waals surface area contributed by atoms with Crippen molar-refractivity contribution in [3.8, 4) is 0 Å². The molecule has 0 saturated heterocycles. The molecule has 1 heterocycles. The maximum atomic E-state index is 12.5. The number of furan rings is 1. The van der Waals surface area contributed by atoms with E-state index in [2.05, 4.69) is 5.32 Å². The number of hydrogen-bond donors (Lipinski definition) is 1. The Morgan fingerprint density at radius 1 is 1.00 bits per heavy atom. The van der Waals surface area contributed by atoms with Crippen LogP contribution in [0.15, 0.2) is 71.1 Å². The summed E-state index contributed by atoms with van der Waals surface area (Å²) in [6.07, 6.45) is 1.05. The van der Waals surface area contributed by atoms with Gasteiger partial charge in [-0.1, -0.05) is 29.8 Å². The first-order valence-electron chi connectivity index (χ1n) is 8.76. The zero-order valence-electron chi connectivity index (χ0n) is 15.4. The Morgan fingerprint density at radius 2 is 1.69 bits per heavy atom. The van der Waals surface area contributed by atoms with Crippen molar-refractivity contribution in [1.82, 2.24) is 0 Å². The Bertz CT molecular complexity index is 1310. The molecule has 0 spiro atoms. The van der Waals surface area contributed by atoms with E-state index in [9.17, 15) is 13.2 Å². The third-order valence-corrected chi connectivity index (χ3v) is 5.86. The van der Waals surface area contributed by atoms with Crippen molar-refractivity contribution in [1.29, 1.82) is 0 Å². The van der Waals surface area contributed by atoms with Crippen LogP contribution in [0.25, 0.3) is 21.9 Å². The number of fused-ring (bicyclic) bond motifs is 3. The van der Waals surface area contributed by atoms with Gasteiger partial charge in [0, 0.05) is 27.5 Å². The van der Waals surface area contributed by atoms with E-state index in [0.29, 0.717) is 22.0 Å². The minimum Gasteiger partial charge on any atom is -0.456 e. The number of halogens is 1. The van der Waals surface area contributed by atoms with E-state index in [-0.39, 0.29) is 6.54 Å². The molecule has 0 atom stereocenters. The van der Waals surface area contributed by atoms with Gasteiger partial charge in [0.15, 0.2) is 0 Å². The summed E-state index contributed by atoms with van der Waals surface area (Å²) in [5.41, 5.74) is 2.28. The minimum atomic E-state index is -3.66. The molecule has 29 heavy (non-hydrogen) atoms. The number of benzene rings is 3. The van der Waals surface area contributed by atoms with E-state index in [1.807, 2.05) is 30.3 Å². The lowest BCUT2D eigenvalue weighted by Crippen LogP contribution is -2.37. The molecule has 0 bridgehead atoms. The molecule has 0 saturated carbocycles. The van der Waals surface area contributed by atoms with Gasteiger partial charge in [0.1, 0.15) is 17.7 Å². The van der Waals surface area contributed by atoms with E-state index < -0.39 is 15.9 Å². The van der Waals surface area contributed by atoms with Crippen LogP contribution in [0.2, 0.25) is 5.02 Å². The number of rotatable bonds is 5. The third-order valence-electron chi connectivity index (χ3n) is 4.46. The lowest BCUT2D eigenvalue weighted by atomic mass is 10.1. The smallest absolute Gasteiger partial charge is 0.245 e. The lowest BCUT2D eigenvalue weighted by molar-refractivity contribution is -0.114. The molecule has 4 aromatic rings. The highest BCUT2D eigenvalue weighted by molar-refractivity contribution is 7.92. The minimum absolute atomic E-state index is 0.361. The van der Waals surface area contributed by atoms with Gasteiger partial charge in [0.05, 0.1) is 11.9 Å². The summed E-state index contributed by atoms with van der Waals surface area (Å²) in [6, 6.07) is 19.3. The van der Waals surface area contributed by atoms with Gasteiger partial charge in [-0.2, -0.15) is 0 Å². The maximum absolute atomic E-state index is 12.5. The zero-order chi connectivity index (χ0) is 20.6. The predicted octanol–water partition coefficient (Wildman–Crippen LogP) is 4.64. The van der Waals surface area contributed by atoms with Gasteiger partial charge in [0.25, 0.3) is 0 Å². The second kappa shape index (κ2) is 7.42. The summed E-state index contributed by atoms with van der Waals surface area (Å²) < 4.78 is 31.2. The number of para-hydroxylation sites is 1. The van der Waals surface area contributed by atoms with E-state index in [0.717, 1.165) is 26.9 Å². The maximum Gasteiger partial charge on any atom is 0.245 e. The molecule has 6 nitrogen and oxygen atoms in total. The van der Waals surface area contributed by atoms with Crippen LogP contribution in [0.3, 0.4) is 0 Å². The number of hydrogen-bond acceptors (Lipinski definition) is 4. The average Bonchev–Trinajstić information content (AvgIpc) is 3.04. The van der Waals surface area contributed by atoms with Gasteiger partial charge in [-0.3, -0.25) is 9.10 Å². The van der Waals surface area contributed by atoms with Crippen LogP contribution in [0, 0.1) is 0 Å². The number of carbonyl (C=O) groups excluding carboxylic acids is 1. The summed E-state index contributed by atoms with van der Waals surface area (Å²) in [4.78, 5) is 12.5. The van der Waals surface area contributed by atoms with Crippen molar-refractivity contribution in [2.24, 2.45) is 0 Å². The number of amides is 1. The molecular formula is C21H17ClN2O4S. The van der Waals surface area contributed by atoms with E-state index >= 15 is 0 Å². The second-order valence-corrected chi connectivity index (χ2v) is 8.95. The van der Waals surface area contributed by atoms with Crippen LogP contribution >= 0.6 is 11.6 Å². The average molecular weight is 429 g/mol. The molecule has 4 rings (SSSR count). The monoisotopic (exact) mass is 428 g/mol. The van der Waals surface area contributed by atoms with Crippen molar-refractivity contribution in [2.45, 2.75) is 0 Å². The summed E-state index contributed by atoms with van der Waals surface area (Å²) >= 11 is 5.86. The SMILES string of the molecule is CS(=O)(=O)N(CC(=O)Nc1ccc2c(c1)oc1ccccc12)c1ccc(Cl)cc1. The van der Waals surface area contributed by atoms with Gasteiger partial charge in [-0.05, 0) is 42.5 Å². The fourth-order valence-electron chi connectivity index (χ4n) is 3.14. The van der Waals surface area contributed by atoms with Crippen LogP contribution in [0.1, 0.15) is 0 Å². The molecule has 0 radical (unpaired) electrons. The normalized spacial score (nSPS) is 11.7. The molecule has 0 aliphatic rings. The number of sulfonamides is 1. The molecule has 1 N–H and O–H groups in total. The highest BCUT2D eigenvalue weighted by Crippen LogP contribution is 2.30. The summed E-state index contributed by atoms with van der Waals surface area (Å²) in [6.45, 7) is -0.362. The number of nitrogens with one attached hydrogen (secondary N) is 1. The Balaban J connectivity index is 1.57. The molecule has 0 aliphatic heterocycles. The highest BCUT2D eigenvalue weighted by Gasteiger charge is 2.21. The van der Waals surface area contributed by atoms with Crippen LogP contribution < -0.4 is 9.62 Å². The Kier molecular flexibility index (Phi) is 4.94. The first kappa shape index (κ1) is 19.3. The molecule has 1 aromatic heterocycles. The quantitative estimate of drug-likeness (QED) is 0.502. The highest BCUT2D eigenvalue weighted by atomic mass is 35.5. The Morgan fingerprint density at radius 3 is 2.41 bits per heavy atom. The first-order valence-corrected chi connectivity index (χ1v) is 11.0. The van der Waals surface area contributed by atoms with Crippen LogP contribution in [-0.2, 0) is 14.8 Å². The summed E-state index contributed by atoms with van der Waals surface area (Å²) in [7, 11) is -3.66. The van der Waals surface area contributed by atoms with E-state index in [4.69, 9.17) is 16.0 Å². The van der Waals surface area contributed by atoms with Gasteiger partial charge >= 0.3 is 0 Å².